The maximum Gasteiger partial charge on any atom is 0.411 e. The topological polar surface area (TPSA) is 45.7 Å². The van der Waals surface area contributed by atoms with Crippen LogP contribution in [0.25, 0.3) is 0 Å². The summed E-state index contributed by atoms with van der Waals surface area (Å²) >= 11 is 0. The lowest BCUT2D eigenvalue weighted by Crippen LogP contribution is -2.38. The van der Waals surface area contributed by atoms with Gasteiger partial charge in [0.15, 0.2) is 5.96 Å². The maximum atomic E-state index is 13.5. The normalized spacial score (nSPS) is 11.8. The molecule has 1 aromatic rings. The van der Waals surface area contributed by atoms with E-state index >= 15 is 0 Å². The van der Waals surface area contributed by atoms with Crippen molar-refractivity contribution in [2.24, 2.45) is 4.99 Å². The molecule has 2 N–H and O–H groups in total. The summed E-state index contributed by atoms with van der Waals surface area (Å²) in [5, 5.41) is 5.79. The first-order chi connectivity index (χ1) is 11.3. The highest BCUT2D eigenvalue weighted by Crippen LogP contribution is 2.14. The van der Waals surface area contributed by atoms with Gasteiger partial charge in [-0.1, -0.05) is 0 Å². The van der Waals surface area contributed by atoms with Crippen LogP contribution in [0.15, 0.2) is 23.2 Å². The average Bonchev–Trinajstić information content (AvgIpc) is 2.50. The van der Waals surface area contributed by atoms with Crippen molar-refractivity contribution in [1.82, 2.24) is 10.6 Å². The van der Waals surface area contributed by atoms with E-state index in [-0.39, 0.29) is 42.7 Å². The highest BCUT2D eigenvalue weighted by atomic mass is 127. The summed E-state index contributed by atoms with van der Waals surface area (Å²) in [6.07, 6.45) is -3.99. The summed E-state index contributed by atoms with van der Waals surface area (Å²) in [4.78, 5) is 4.11. The first-order valence-corrected chi connectivity index (χ1v) is 7.42. The fourth-order valence-electron chi connectivity index (χ4n) is 1.74. The van der Waals surface area contributed by atoms with E-state index in [1.807, 2.05) is 6.92 Å². The van der Waals surface area contributed by atoms with E-state index in [2.05, 4.69) is 20.4 Å². The lowest BCUT2D eigenvalue weighted by molar-refractivity contribution is -0.173. The minimum atomic E-state index is -4.33. The molecule has 0 heterocycles. The van der Waals surface area contributed by atoms with Crippen molar-refractivity contribution in [3.63, 3.8) is 0 Å². The quantitative estimate of drug-likeness (QED) is 0.196. The van der Waals surface area contributed by atoms with Crippen LogP contribution in [-0.2, 0) is 11.3 Å². The first-order valence-electron chi connectivity index (χ1n) is 7.42. The van der Waals surface area contributed by atoms with Gasteiger partial charge in [-0.3, -0.25) is 0 Å². The molecule has 4 nitrogen and oxygen atoms in total. The van der Waals surface area contributed by atoms with Crippen LogP contribution in [-0.4, -0.2) is 38.4 Å². The molecule has 10 heteroatoms. The minimum Gasteiger partial charge on any atom is -0.372 e. The Balaban J connectivity index is 0.00000576. The summed E-state index contributed by atoms with van der Waals surface area (Å²) in [5.74, 6) is -0.755. The first kappa shape index (κ1) is 23.8. The fraction of sp³-hybridized carbons (Fsp3) is 0.533. The van der Waals surface area contributed by atoms with Crippen LogP contribution in [0.2, 0.25) is 0 Å². The zero-order valence-corrected chi connectivity index (χ0v) is 16.0. The fourth-order valence-corrected chi connectivity index (χ4v) is 1.74. The minimum absolute atomic E-state index is 0. The monoisotopic (exact) mass is 481 g/mol. The van der Waals surface area contributed by atoms with E-state index in [4.69, 9.17) is 0 Å². The Kier molecular flexibility index (Phi) is 11.7. The van der Waals surface area contributed by atoms with Gasteiger partial charge in [-0.2, -0.15) is 13.2 Å². The van der Waals surface area contributed by atoms with Crippen LogP contribution >= 0.6 is 24.0 Å². The molecule has 0 radical (unpaired) electrons. The van der Waals surface area contributed by atoms with Crippen molar-refractivity contribution < 1.29 is 26.7 Å². The molecule has 0 aromatic heterocycles. The van der Waals surface area contributed by atoms with Crippen molar-refractivity contribution in [1.29, 1.82) is 0 Å². The number of hydrogen-bond donors (Lipinski definition) is 2. The Bertz CT molecular complexity index is 540. The van der Waals surface area contributed by atoms with Crippen LogP contribution < -0.4 is 10.6 Å². The zero-order chi connectivity index (χ0) is 18.0. The summed E-state index contributed by atoms with van der Waals surface area (Å²) in [7, 11) is 0. The SMILES string of the molecule is CCNC(=NCc1cc(F)ccc1F)NCCCOCC(F)(F)F.I. The molecule has 0 atom stereocenters. The predicted octanol–water partition coefficient (Wildman–Crippen LogP) is 3.61. The third-order valence-electron chi connectivity index (χ3n) is 2.78. The zero-order valence-electron chi connectivity index (χ0n) is 13.6. The van der Waals surface area contributed by atoms with Gasteiger partial charge in [0.25, 0.3) is 0 Å². The van der Waals surface area contributed by atoms with Crippen molar-refractivity contribution in [3.8, 4) is 0 Å². The second-order valence-corrected chi connectivity index (χ2v) is 4.88. The number of halogens is 6. The molecule has 0 amide bonds. The number of guanidine groups is 1. The smallest absolute Gasteiger partial charge is 0.372 e. The Labute approximate surface area is 160 Å². The molecule has 0 aliphatic rings. The Morgan fingerprint density at radius 2 is 1.92 bits per heavy atom. The van der Waals surface area contributed by atoms with Crippen LogP contribution in [0, 0.1) is 11.6 Å². The van der Waals surface area contributed by atoms with Gasteiger partial charge in [0.05, 0.1) is 6.54 Å². The molecule has 144 valence electrons. The molecule has 0 saturated carbocycles. The Morgan fingerprint density at radius 3 is 2.56 bits per heavy atom. The number of nitrogens with one attached hydrogen (secondary N) is 2. The molecule has 0 unspecified atom stereocenters. The Morgan fingerprint density at radius 1 is 1.20 bits per heavy atom. The largest absolute Gasteiger partial charge is 0.411 e. The molecule has 0 fully saturated rings. The van der Waals surface area contributed by atoms with E-state index in [1.165, 1.54) is 0 Å². The number of hydrogen-bond acceptors (Lipinski definition) is 2. The second-order valence-electron chi connectivity index (χ2n) is 4.88. The average molecular weight is 481 g/mol. The molecule has 0 spiro atoms. The molecule has 1 aromatic carbocycles. The van der Waals surface area contributed by atoms with Gasteiger partial charge < -0.3 is 15.4 Å². The van der Waals surface area contributed by atoms with Gasteiger partial charge in [-0.25, -0.2) is 13.8 Å². The van der Waals surface area contributed by atoms with Gasteiger partial charge in [0.2, 0.25) is 0 Å². The molecular formula is C15H21F5IN3O. The number of ether oxygens (including phenoxy) is 1. The van der Waals surface area contributed by atoms with Crippen LogP contribution in [0.4, 0.5) is 22.0 Å². The third-order valence-corrected chi connectivity index (χ3v) is 2.78. The highest BCUT2D eigenvalue weighted by molar-refractivity contribution is 14.0. The van der Waals surface area contributed by atoms with E-state index in [1.54, 1.807) is 0 Å². The third kappa shape index (κ3) is 11.1. The number of benzene rings is 1. The maximum absolute atomic E-state index is 13.5. The van der Waals surface area contributed by atoms with E-state index < -0.39 is 24.4 Å². The van der Waals surface area contributed by atoms with Crippen LogP contribution in [0.5, 0.6) is 0 Å². The lowest BCUT2D eigenvalue weighted by Gasteiger charge is -2.12. The van der Waals surface area contributed by atoms with Crippen molar-refractivity contribution in [2.45, 2.75) is 26.1 Å². The van der Waals surface area contributed by atoms with Gasteiger partial charge in [0, 0.05) is 25.3 Å². The molecular weight excluding hydrogens is 460 g/mol. The molecule has 1 rings (SSSR count). The number of aliphatic imine (C=N–C) groups is 1. The van der Waals surface area contributed by atoms with Crippen molar-refractivity contribution in [2.75, 3.05) is 26.3 Å². The predicted molar refractivity (Wildman–Crippen MR) is 96.1 cm³/mol. The van der Waals surface area contributed by atoms with Crippen molar-refractivity contribution in [3.05, 3.63) is 35.4 Å². The highest BCUT2D eigenvalue weighted by Gasteiger charge is 2.27. The summed E-state index contributed by atoms with van der Waals surface area (Å²) in [6, 6.07) is 3.11. The Hall–Kier alpha value is -1.17. The molecule has 25 heavy (non-hydrogen) atoms. The molecule has 0 aliphatic carbocycles. The summed E-state index contributed by atoms with van der Waals surface area (Å²) < 4.78 is 66.7. The molecule has 0 aliphatic heterocycles. The number of alkyl halides is 3. The van der Waals surface area contributed by atoms with Crippen LogP contribution in [0.1, 0.15) is 18.9 Å². The van der Waals surface area contributed by atoms with Gasteiger partial charge >= 0.3 is 6.18 Å². The molecule has 0 saturated heterocycles. The second kappa shape index (κ2) is 12.2. The van der Waals surface area contributed by atoms with Gasteiger partial charge in [-0.05, 0) is 31.5 Å². The van der Waals surface area contributed by atoms with Gasteiger partial charge in [0.1, 0.15) is 18.2 Å². The summed E-state index contributed by atoms with van der Waals surface area (Å²) in [6.45, 7) is 1.30. The van der Waals surface area contributed by atoms with E-state index in [9.17, 15) is 22.0 Å². The lowest BCUT2D eigenvalue weighted by atomic mass is 10.2. The number of rotatable bonds is 8. The van der Waals surface area contributed by atoms with Crippen molar-refractivity contribution >= 4 is 29.9 Å². The number of nitrogens with zero attached hydrogens (tertiary/aromatic N) is 1. The summed E-state index contributed by atoms with van der Waals surface area (Å²) in [5.41, 5.74) is 0.112. The van der Waals surface area contributed by atoms with E-state index in [0.29, 0.717) is 25.5 Å². The standard InChI is InChI=1S/C15H20F5N3O.HI/c1-2-21-14(22-6-3-7-24-10-15(18,19)20)23-9-11-8-12(16)4-5-13(11)17;/h4-5,8H,2-3,6-7,9-10H2,1H3,(H2,21,22,23);1H. The van der Waals surface area contributed by atoms with Gasteiger partial charge in [-0.15, -0.1) is 24.0 Å². The van der Waals surface area contributed by atoms with E-state index in [0.717, 1.165) is 18.2 Å². The van der Waals surface area contributed by atoms with Crippen LogP contribution in [0.3, 0.4) is 0 Å². The molecule has 0 bridgehead atoms.